The molecule has 1 saturated carbocycles. The molecule has 1 aliphatic rings. The number of hydrogen-bond acceptors (Lipinski definition) is 1. The Hall–Kier alpha value is -1.74. The average molecular weight is 415 g/mol. The Morgan fingerprint density at radius 1 is 0.800 bits per heavy atom. The number of aryl methyl sites for hydroxylation is 1. The highest BCUT2D eigenvalue weighted by Crippen LogP contribution is 2.38. The minimum atomic E-state index is -3.25. The van der Waals surface area contributed by atoms with Gasteiger partial charge in [-0.3, -0.25) is 0 Å². The summed E-state index contributed by atoms with van der Waals surface area (Å²) < 4.78 is 34.0. The molecule has 2 aromatic carbocycles. The second-order valence-corrected chi connectivity index (χ2v) is 8.81. The van der Waals surface area contributed by atoms with Gasteiger partial charge < -0.3 is 4.74 Å². The highest BCUT2D eigenvalue weighted by molar-refractivity contribution is 5.28. The third-order valence-electron chi connectivity index (χ3n) is 6.50. The number of hydrogen-bond donors (Lipinski definition) is 0. The number of halogens is 2. The molecule has 1 nitrogen and oxygen atoms in total. The normalized spacial score (nSPS) is 19.7. The highest BCUT2D eigenvalue weighted by atomic mass is 19.3. The van der Waals surface area contributed by atoms with Crippen molar-refractivity contribution >= 4 is 0 Å². The van der Waals surface area contributed by atoms with Crippen LogP contribution in [0.3, 0.4) is 0 Å². The lowest BCUT2D eigenvalue weighted by molar-refractivity contribution is -0.248. The zero-order valence-electron chi connectivity index (χ0n) is 18.5. The van der Waals surface area contributed by atoms with Crippen molar-refractivity contribution in [2.75, 3.05) is 6.61 Å². The van der Waals surface area contributed by atoms with Crippen molar-refractivity contribution in [3.8, 4) is 0 Å². The molecular formula is C27H36F2O. The van der Waals surface area contributed by atoms with Crippen LogP contribution in [0.5, 0.6) is 0 Å². The molecule has 0 saturated heterocycles. The molecule has 2 aromatic rings. The molecule has 0 amide bonds. The molecule has 30 heavy (non-hydrogen) atoms. The van der Waals surface area contributed by atoms with Crippen molar-refractivity contribution in [1.82, 2.24) is 0 Å². The molecule has 0 unspecified atom stereocenters. The van der Waals surface area contributed by atoms with E-state index in [-0.39, 0.29) is 12.2 Å². The van der Waals surface area contributed by atoms with Crippen LogP contribution in [-0.2, 0) is 23.7 Å². The second kappa shape index (κ2) is 11.0. The van der Waals surface area contributed by atoms with Gasteiger partial charge in [0.2, 0.25) is 0 Å². The Balaban J connectivity index is 1.49. The van der Waals surface area contributed by atoms with E-state index < -0.39 is 6.11 Å². The van der Waals surface area contributed by atoms with Crippen LogP contribution in [0.4, 0.5) is 8.78 Å². The second-order valence-electron chi connectivity index (χ2n) is 8.81. The standard InChI is InChI=1S/C27H36F2O/c1-3-5-21-7-9-23(10-8-21)19-20-30-27(28,29)26-17-15-25(16-18-26)24-13-11-22(6-4-2)12-14-24/h7-10,15-18,22,24H,3-6,11-14,19-20H2,1-2H3. The first-order valence-corrected chi connectivity index (χ1v) is 11.7. The zero-order chi connectivity index (χ0) is 21.4. The van der Waals surface area contributed by atoms with Gasteiger partial charge in [-0.15, -0.1) is 0 Å². The van der Waals surface area contributed by atoms with Gasteiger partial charge in [0.1, 0.15) is 0 Å². The Bertz CT molecular complexity index is 743. The Morgan fingerprint density at radius 3 is 1.97 bits per heavy atom. The topological polar surface area (TPSA) is 9.23 Å². The van der Waals surface area contributed by atoms with Gasteiger partial charge in [0.15, 0.2) is 0 Å². The molecule has 0 spiro atoms. The summed E-state index contributed by atoms with van der Waals surface area (Å²) in [7, 11) is 0. The summed E-state index contributed by atoms with van der Waals surface area (Å²) in [5, 5.41) is 0. The van der Waals surface area contributed by atoms with Crippen molar-refractivity contribution in [2.45, 2.75) is 83.7 Å². The van der Waals surface area contributed by atoms with Gasteiger partial charge in [-0.2, -0.15) is 8.78 Å². The molecule has 1 aliphatic carbocycles. The molecule has 0 bridgehead atoms. The fourth-order valence-corrected chi connectivity index (χ4v) is 4.68. The van der Waals surface area contributed by atoms with Gasteiger partial charge in [0, 0.05) is 0 Å². The van der Waals surface area contributed by atoms with E-state index in [1.54, 1.807) is 12.1 Å². The van der Waals surface area contributed by atoms with Gasteiger partial charge in [0.25, 0.3) is 0 Å². The molecule has 1 fully saturated rings. The van der Waals surface area contributed by atoms with E-state index >= 15 is 0 Å². The molecular weight excluding hydrogens is 378 g/mol. The Morgan fingerprint density at radius 2 is 1.40 bits per heavy atom. The Kier molecular flexibility index (Phi) is 8.44. The lowest BCUT2D eigenvalue weighted by Gasteiger charge is -2.29. The molecule has 0 aromatic heterocycles. The van der Waals surface area contributed by atoms with Gasteiger partial charge in [-0.1, -0.05) is 81.6 Å². The maximum Gasteiger partial charge on any atom is 0.383 e. The molecule has 0 heterocycles. The summed E-state index contributed by atoms with van der Waals surface area (Å²) in [6, 6.07) is 15.0. The quantitative estimate of drug-likeness (QED) is 0.382. The Labute approximate surface area is 180 Å². The SMILES string of the molecule is CCCc1ccc(CCOC(F)(F)c2ccc(C3CCC(CCC)CC3)cc2)cc1. The van der Waals surface area contributed by atoms with Crippen molar-refractivity contribution in [3.63, 3.8) is 0 Å². The molecule has 0 atom stereocenters. The third kappa shape index (κ3) is 6.38. The van der Waals surface area contributed by atoms with Crippen LogP contribution in [0, 0.1) is 5.92 Å². The van der Waals surface area contributed by atoms with Crippen LogP contribution in [0.1, 0.15) is 87.0 Å². The maximum atomic E-state index is 14.5. The van der Waals surface area contributed by atoms with Gasteiger partial charge >= 0.3 is 6.11 Å². The largest absolute Gasteiger partial charge is 0.383 e. The molecule has 3 rings (SSSR count). The van der Waals surface area contributed by atoms with Crippen molar-refractivity contribution in [1.29, 1.82) is 0 Å². The fraction of sp³-hybridized carbons (Fsp3) is 0.556. The van der Waals surface area contributed by atoms with Crippen LogP contribution in [-0.4, -0.2) is 6.61 Å². The van der Waals surface area contributed by atoms with Gasteiger partial charge in [-0.05, 0) is 67.1 Å². The highest BCUT2D eigenvalue weighted by Gasteiger charge is 2.33. The van der Waals surface area contributed by atoms with Crippen LogP contribution in [0.25, 0.3) is 0 Å². The lowest BCUT2D eigenvalue weighted by Crippen LogP contribution is -2.20. The smallest absolute Gasteiger partial charge is 0.316 e. The monoisotopic (exact) mass is 414 g/mol. The van der Waals surface area contributed by atoms with Gasteiger partial charge in [0.05, 0.1) is 12.2 Å². The zero-order valence-corrected chi connectivity index (χ0v) is 18.5. The summed E-state index contributed by atoms with van der Waals surface area (Å²) in [5.41, 5.74) is 3.45. The molecule has 3 heteroatoms. The van der Waals surface area contributed by atoms with Crippen molar-refractivity contribution in [3.05, 3.63) is 70.8 Å². The van der Waals surface area contributed by atoms with Crippen LogP contribution < -0.4 is 0 Å². The van der Waals surface area contributed by atoms with Crippen LogP contribution >= 0.6 is 0 Å². The maximum absolute atomic E-state index is 14.5. The van der Waals surface area contributed by atoms with Crippen LogP contribution in [0.2, 0.25) is 0 Å². The van der Waals surface area contributed by atoms with E-state index in [0.717, 1.165) is 24.3 Å². The van der Waals surface area contributed by atoms with E-state index in [1.165, 1.54) is 49.7 Å². The van der Waals surface area contributed by atoms with E-state index in [9.17, 15) is 8.78 Å². The van der Waals surface area contributed by atoms with Gasteiger partial charge in [-0.25, -0.2) is 0 Å². The first kappa shape index (κ1) is 22.9. The summed E-state index contributed by atoms with van der Waals surface area (Å²) in [6.45, 7) is 4.40. The predicted molar refractivity (Wildman–Crippen MR) is 120 cm³/mol. The molecule has 164 valence electrons. The number of ether oxygens (including phenoxy) is 1. The predicted octanol–water partition coefficient (Wildman–Crippen LogP) is 8.02. The average Bonchev–Trinajstić information content (AvgIpc) is 2.76. The number of alkyl halides is 2. The fourth-order valence-electron chi connectivity index (χ4n) is 4.68. The van der Waals surface area contributed by atoms with Crippen LogP contribution in [0.15, 0.2) is 48.5 Å². The minimum Gasteiger partial charge on any atom is -0.316 e. The van der Waals surface area contributed by atoms with E-state index in [4.69, 9.17) is 4.74 Å². The molecule has 0 N–H and O–H groups in total. The summed E-state index contributed by atoms with van der Waals surface area (Å²) >= 11 is 0. The molecule has 0 radical (unpaired) electrons. The van der Waals surface area contributed by atoms with E-state index in [0.29, 0.717) is 12.3 Å². The minimum absolute atomic E-state index is 0.00329. The first-order valence-electron chi connectivity index (χ1n) is 11.7. The third-order valence-corrected chi connectivity index (χ3v) is 6.50. The van der Waals surface area contributed by atoms with Crippen molar-refractivity contribution in [2.24, 2.45) is 5.92 Å². The summed E-state index contributed by atoms with van der Waals surface area (Å²) in [4.78, 5) is 0. The first-order chi connectivity index (χ1) is 14.5. The van der Waals surface area contributed by atoms with E-state index in [2.05, 4.69) is 26.0 Å². The summed E-state index contributed by atoms with van der Waals surface area (Å²) in [5.74, 6) is 1.36. The van der Waals surface area contributed by atoms with Crippen molar-refractivity contribution < 1.29 is 13.5 Å². The lowest BCUT2D eigenvalue weighted by atomic mass is 9.77. The summed E-state index contributed by atoms with van der Waals surface area (Å²) in [6.07, 6.45) is 6.83. The molecule has 0 aliphatic heterocycles. The number of benzene rings is 2. The van der Waals surface area contributed by atoms with E-state index in [1.807, 2.05) is 24.3 Å². The number of rotatable bonds is 10.